The summed E-state index contributed by atoms with van der Waals surface area (Å²) in [7, 11) is 0. The Labute approximate surface area is 126 Å². The van der Waals surface area contributed by atoms with Crippen molar-refractivity contribution in [3.8, 4) is 0 Å². The summed E-state index contributed by atoms with van der Waals surface area (Å²) in [5, 5.41) is 2.77. The molecule has 1 fully saturated rings. The number of benzene rings is 2. The number of fused-ring (bicyclic) bond motifs is 1. The first kappa shape index (κ1) is 12.8. The highest BCUT2D eigenvalue weighted by atomic mass is 16.2. The predicted octanol–water partition coefficient (Wildman–Crippen LogP) is 1.52. The molecule has 0 spiro atoms. The van der Waals surface area contributed by atoms with Crippen molar-refractivity contribution in [3.05, 3.63) is 71.3 Å². The van der Waals surface area contributed by atoms with Gasteiger partial charge in [0, 0.05) is 0 Å². The maximum absolute atomic E-state index is 12.5. The minimum Gasteiger partial charge on any atom is -0.345 e. The number of nitrogens with one attached hydrogen (secondary N) is 1. The molecule has 0 aliphatic carbocycles. The number of carbonyl (C=O) groups is 3. The summed E-state index contributed by atoms with van der Waals surface area (Å²) < 4.78 is 0. The second-order valence-electron chi connectivity index (χ2n) is 5.37. The third kappa shape index (κ3) is 1.62. The SMILES string of the molecule is O=C1NC(c2ccccc2)C1N1C(=O)c2ccccc2C1=O. The Balaban J connectivity index is 1.72. The lowest BCUT2D eigenvalue weighted by Gasteiger charge is -2.41. The number of imide groups is 1. The summed E-state index contributed by atoms with van der Waals surface area (Å²) in [4.78, 5) is 38.0. The van der Waals surface area contributed by atoms with Crippen LogP contribution in [0.3, 0.4) is 0 Å². The molecule has 5 heteroatoms. The summed E-state index contributed by atoms with van der Waals surface area (Å²) in [5.41, 5.74) is 1.60. The van der Waals surface area contributed by atoms with E-state index in [1.54, 1.807) is 24.3 Å². The van der Waals surface area contributed by atoms with Crippen molar-refractivity contribution in [2.24, 2.45) is 0 Å². The zero-order valence-corrected chi connectivity index (χ0v) is 11.5. The minimum atomic E-state index is -0.783. The summed E-state index contributed by atoms with van der Waals surface area (Å²) in [5.74, 6) is -1.11. The van der Waals surface area contributed by atoms with Gasteiger partial charge in [-0.3, -0.25) is 19.3 Å². The monoisotopic (exact) mass is 292 g/mol. The van der Waals surface area contributed by atoms with E-state index in [9.17, 15) is 14.4 Å². The molecular weight excluding hydrogens is 280 g/mol. The highest BCUT2D eigenvalue weighted by Crippen LogP contribution is 2.34. The molecule has 2 aromatic carbocycles. The van der Waals surface area contributed by atoms with Crippen molar-refractivity contribution in [1.29, 1.82) is 0 Å². The molecule has 0 aromatic heterocycles. The van der Waals surface area contributed by atoms with Gasteiger partial charge in [-0.25, -0.2) is 0 Å². The van der Waals surface area contributed by atoms with Gasteiger partial charge >= 0.3 is 0 Å². The molecule has 108 valence electrons. The lowest BCUT2D eigenvalue weighted by atomic mass is 9.90. The van der Waals surface area contributed by atoms with Crippen LogP contribution in [0.5, 0.6) is 0 Å². The fourth-order valence-corrected chi connectivity index (χ4v) is 3.03. The Morgan fingerprint density at radius 2 is 1.32 bits per heavy atom. The van der Waals surface area contributed by atoms with E-state index in [2.05, 4.69) is 5.32 Å². The molecule has 1 N–H and O–H groups in total. The second kappa shape index (κ2) is 4.53. The van der Waals surface area contributed by atoms with Crippen LogP contribution in [0.2, 0.25) is 0 Å². The fourth-order valence-electron chi connectivity index (χ4n) is 3.03. The summed E-state index contributed by atoms with van der Waals surface area (Å²) in [6.07, 6.45) is 0. The fraction of sp³-hybridized carbons (Fsp3) is 0.118. The van der Waals surface area contributed by atoms with Gasteiger partial charge in [0.25, 0.3) is 11.8 Å². The molecular formula is C17H12N2O3. The van der Waals surface area contributed by atoms with Crippen LogP contribution < -0.4 is 5.32 Å². The minimum absolute atomic E-state index is 0.302. The number of nitrogens with zero attached hydrogens (tertiary/aromatic N) is 1. The largest absolute Gasteiger partial charge is 0.345 e. The lowest BCUT2D eigenvalue weighted by molar-refractivity contribution is -0.135. The first-order valence-corrected chi connectivity index (χ1v) is 7.01. The van der Waals surface area contributed by atoms with E-state index in [1.807, 2.05) is 30.3 Å². The highest BCUT2D eigenvalue weighted by molar-refractivity contribution is 6.23. The highest BCUT2D eigenvalue weighted by Gasteiger charge is 2.52. The number of carbonyl (C=O) groups excluding carboxylic acids is 3. The van der Waals surface area contributed by atoms with Gasteiger partial charge in [0.05, 0.1) is 17.2 Å². The quantitative estimate of drug-likeness (QED) is 0.674. The van der Waals surface area contributed by atoms with Gasteiger partial charge < -0.3 is 5.32 Å². The van der Waals surface area contributed by atoms with Crippen LogP contribution in [0.4, 0.5) is 0 Å². The molecule has 22 heavy (non-hydrogen) atoms. The zero-order chi connectivity index (χ0) is 15.3. The second-order valence-corrected chi connectivity index (χ2v) is 5.37. The maximum Gasteiger partial charge on any atom is 0.262 e. The van der Waals surface area contributed by atoms with E-state index in [-0.39, 0.29) is 11.9 Å². The number of β-lactam (4-membered cyclic amide) rings is 1. The third-order valence-electron chi connectivity index (χ3n) is 4.14. The first-order valence-electron chi connectivity index (χ1n) is 7.01. The van der Waals surface area contributed by atoms with Gasteiger partial charge in [-0.2, -0.15) is 0 Å². The van der Waals surface area contributed by atoms with E-state index in [0.29, 0.717) is 11.1 Å². The topological polar surface area (TPSA) is 66.5 Å². The first-order chi connectivity index (χ1) is 10.7. The number of amides is 3. The van der Waals surface area contributed by atoms with Crippen molar-refractivity contribution in [2.45, 2.75) is 12.1 Å². The Bertz CT molecular complexity index is 766. The Morgan fingerprint density at radius 3 is 1.86 bits per heavy atom. The van der Waals surface area contributed by atoms with Crippen LogP contribution in [0.15, 0.2) is 54.6 Å². The van der Waals surface area contributed by atoms with Gasteiger partial charge in [0.1, 0.15) is 6.04 Å². The molecule has 2 heterocycles. The van der Waals surface area contributed by atoms with Crippen molar-refractivity contribution < 1.29 is 14.4 Å². The van der Waals surface area contributed by atoms with E-state index in [0.717, 1.165) is 10.5 Å². The lowest BCUT2D eigenvalue weighted by Crippen LogP contribution is -2.65. The smallest absolute Gasteiger partial charge is 0.262 e. The van der Waals surface area contributed by atoms with Crippen molar-refractivity contribution in [1.82, 2.24) is 10.2 Å². The molecule has 3 amide bonds. The Morgan fingerprint density at radius 1 is 0.773 bits per heavy atom. The third-order valence-corrected chi connectivity index (χ3v) is 4.14. The molecule has 2 unspecified atom stereocenters. The van der Waals surface area contributed by atoms with Crippen molar-refractivity contribution in [2.75, 3.05) is 0 Å². The Kier molecular flexibility index (Phi) is 2.63. The zero-order valence-electron chi connectivity index (χ0n) is 11.5. The predicted molar refractivity (Wildman–Crippen MR) is 78.1 cm³/mol. The van der Waals surface area contributed by atoms with Crippen LogP contribution >= 0.6 is 0 Å². The molecule has 5 nitrogen and oxygen atoms in total. The van der Waals surface area contributed by atoms with E-state index < -0.39 is 17.9 Å². The van der Waals surface area contributed by atoms with Crippen molar-refractivity contribution in [3.63, 3.8) is 0 Å². The van der Waals surface area contributed by atoms with Crippen LogP contribution in [0.25, 0.3) is 0 Å². The van der Waals surface area contributed by atoms with Gasteiger partial charge in [0.15, 0.2) is 0 Å². The molecule has 1 saturated heterocycles. The van der Waals surface area contributed by atoms with Gasteiger partial charge in [-0.1, -0.05) is 42.5 Å². The summed E-state index contributed by atoms with van der Waals surface area (Å²) in [6.45, 7) is 0. The average Bonchev–Trinajstić information content (AvgIpc) is 2.79. The van der Waals surface area contributed by atoms with Crippen LogP contribution in [0, 0.1) is 0 Å². The van der Waals surface area contributed by atoms with Crippen LogP contribution in [-0.4, -0.2) is 28.7 Å². The Hall–Kier alpha value is -2.95. The van der Waals surface area contributed by atoms with Gasteiger partial charge in [-0.15, -0.1) is 0 Å². The van der Waals surface area contributed by atoms with Gasteiger partial charge in [0.2, 0.25) is 5.91 Å². The number of rotatable bonds is 2. The standard InChI is InChI=1S/C17H12N2O3/c20-15-14(13(18-15)10-6-2-1-3-7-10)19-16(21)11-8-4-5-9-12(11)17(19)22/h1-9,13-14H,(H,18,20). The van der Waals surface area contributed by atoms with Crippen LogP contribution in [-0.2, 0) is 4.79 Å². The molecule has 0 radical (unpaired) electrons. The molecule has 2 atom stereocenters. The maximum atomic E-state index is 12.5. The number of hydrogen-bond donors (Lipinski definition) is 1. The molecule has 2 aliphatic heterocycles. The molecule has 0 bridgehead atoms. The molecule has 0 saturated carbocycles. The molecule has 4 rings (SSSR count). The summed E-state index contributed by atoms with van der Waals surface area (Å²) in [6, 6.07) is 14.9. The summed E-state index contributed by atoms with van der Waals surface area (Å²) >= 11 is 0. The van der Waals surface area contributed by atoms with E-state index in [4.69, 9.17) is 0 Å². The van der Waals surface area contributed by atoms with Gasteiger partial charge in [-0.05, 0) is 17.7 Å². The molecule has 2 aliphatic rings. The van der Waals surface area contributed by atoms with E-state index in [1.165, 1.54) is 0 Å². The average molecular weight is 292 g/mol. The normalized spacial score (nSPS) is 23.1. The van der Waals surface area contributed by atoms with Crippen LogP contribution in [0.1, 0.15) is 32.3 Å². The van der Waals surface area contributed by atoms with E-state index >= 15 is 0 Å². The van der Waals surface area contributed by atoms with Crippen molar-refractivity contribution >= 4 is 17.7 Å². The number of hydrogen-bond acceptors (Lipinski definition) is 3. The molecule has 2 aromatic rings.